The van der Waals surface area contributed by atoms with E-state index in [9.17, 15) is 9.59 Å². The maximum atomic E-state index is 12.9. The van der Waals surface area contributed by atoms with Crippen molar-refractivity contribution in [2.45, 2.75) is 27.3 Å². The molecular formula is C24H22ClN5O2S. The molecule has 9 heteroatoms. The summed E-state index contributed by atoms with van der Waals surface area (Å²) < 4.78 is 1.63. The highest BCUT2D eigenvalue weighted by molar-refractivity contribution is 7.14. The number of thiazole rings is 1. The first kappa shape index (κ1) is 22.7. The van der Waals surface area contributed by atoms with Gasteiger partial charge in [0.15, 0.2) is 5.13 Å². The Morgan fingerprint density at radius 3 is 2.39 bits per heavy atom. The van der Waals surface area contributed by atoms with E-state index in [1.807, 2.05) is 48.7 Å². The first-order valence-electron chi connectivity index (χ1n) is 10.2. The molecule has 2 aromatic carbocycles. The number of carbonyl (C=O) groups excluding carboxylic acids is 2. The Morgan fingerprint density at radius 1 is 1.03 bits per heavy atom. The monoisotopic (exact) mass is 479 g/mol. The summed E-state index contributed by atoms with van der Waals surface area (Å²) in [6, 6.07) is 15.4. The first-order valence-corrected chi connectivity index (χ1v) is 11.5. The molecule has 2 heterocycles. The van der Waals surface area contributed by atoms with Crippen LogP contribution < -0.4 is 10.6 Å². The molecule has 2 amide bonds. The molecule has 0 radical (unpaired) electrons. The van der Waals surface area contributed by atoms with Crippen LogP contribution >= 0.6 is 22.9 Å². The Morgan fingerprint density at radius 2 is 1.73 bits per heavy atom. The smallest absolute Gasteiger partial charge is 0.262 e. The van der Waals surface area contributed by atoms with Gasteiger partial charge in [-0.3, -0.25) is 14.9 Å². The van der Waals surface area contributed by atoms with Crippen molar-refractivity contribution in [3.05, 3.63) is 81.4 Å². The van der Waals surface area contributed by atoms with Gasteiger partial charge >= 0.3 is 0 Å². The number of nitrogens with zero attached hydrogens (tertiary/aromatic N) is 3. The predicted molar refractivity (Wildman–Crippen MR) is 132 cm³/mol. The molecule has 0 spiro atoms. The van der Waals surface area contributed by atoms with E-state index in [0.29, 0.717) is 28.6 Å². The zero-order chi connectivity index (χ0) is 23.5. The van der Waals surface area contributed by atoms with Crippen LogP contribution in [0.1, 0.15) is 34.1 Å². The summed E-state index contributed by atoms with van der Waals surface area (Å²) in [5.41, 5.74) is 5.42. The standard InChI is InChI=1S/C24H22ClN5O2S/c1-14-4-6-17(7-5-14)12-30-22(25)21(15(2)29-30)23(32)28-24-27-20(13-33-24)18-8-10-19(11-9-18)26-16(3)31/h4-11,13H,12H2,1-3H3,(H,26,31)(H,27,28,32). The van der Waals surface area contributed by atoms with Crippen molar-refractivity contribution in [3.8, 4) is 11.3 Å². The summed E-state index contributed by atoms with van der Waals surface area (Å²) >= 11 is 7.84. The minimum Gasteiger partial charge on any atom is -0.326 e. The topological polar surface area (TPSA) is 88.9 Å². The van der Waals surface area contributed by atoms with Gasteiger partial charge in [0.25, 0.3) is 5.91 Å². The largest absolute Gasteiger partial charge is 0.326 e. The number of rotatable bonds is 6. The van der Waals surface area contributed by atoms with Gasteiger partial charge in [0.2, 0.25) is 5.91 Å². The van der Waals surface area contributed by atoms with E-state index in [1.54, 1.807) is 23.7 Å². The van der Waals surface area contributed by atoms with Crippen LogP contribution in [0.25, 0.3) is 11.3 Å². The summed E-state index contributed by atoms with van der Waals surface area (Å²) in [4.78, 5) is 28.6. The Bertz CT molecular complexity index is 1310. The molecular weight excluding hydrogens is 458 g/mol. The van der Waals surface area contributed by atoms with Gasteiger partial charge in [0.05, 0.1) is 23.5 Å². The van der Waals surface area contributed by atoms with Crippen LogP contribution in [0.2, 0.25) is 5.15 Å². The summed E-state index contributed by atoms with van der Waals surface area (Å²) in [5.74, 6) is -0.480. The van der Waals surface area contributed by atoms with Crippen LogP contribution in [0, 0.1) is 13.8 Å². The van der Waals surface area contributed by atoms with Crippen LogP contribution in [0.4, 0.5) is 10.8 Å². The molecule has 2 aromatic heterocycles. The maximum Gasteiger partial charge on any atom is 0.262 e. The number of benzene rings is 2. The molecule has 0 aliphatic carbocycles. The molecule has 168 valence electrons. The fourth-order valence-electron chi connectivity index (χ4n) is 3.33. The number of hydrogen-bond donors (Lipinski definition) is 2. The summed E-state index contributed by atoms with van der Waals surface area (Å²) in [6.07, 6.45) is 0. The third kappa shape index (κ3) is 5.30. The number of nitrogens with one attached hydrogen (secondary N) is 2. The zero-order valence-electron chi connectivity index (χ0n) is 18.3. The highest BCUT2D eigenvalue weighted by Gasteiger charge is 2.21. The molecule has 0 fully saturated rings. The molecule has 0 saturated heterocycles. The summed E-state index contributed by atoms with van der Waals surface area (Å²) in [7, 11) is 0. The highest BCUT2D eigenvalue weighted by Crippen LogP contribution is 2.28. The Balaban J connectivity index is 1.48. The van der Waals surface area contributed by atoms with E-state index < -0.39 is 0 Å². The predicted octanol–water partition coefficient (Wildman–Crippen LogP) is 5.54. The van der Waals surface area contributed by atoms with Gasteiger partial charge in [0.1, 0.15) is 5.15 Å². The van der Waals surface area contributed by atoms with E-state index in [4.69, 9.17) is 11.6 Å². The third-order valence-electron chi connectivity index (χ3n) is 4.97. The van der Waals surface area contributed by atoms with E-state index in [2.05, 4.69) is 20.7 Å². The molecule has 2 N–H and O–H groups in total. The van der Waals surface area contributed by atoms with E-state index in [0.717, 1.165) is 16.8 Å². The van der Waals surface area contributed by atoms with E-state index in [-0.39, 0.29) is 17.0 Å². The summed E-state index contributed by atoms with van der Waals surface area (Å²) in [5, 5.41) is 12.6. The SMILES string of the molecule is CC(=O)Nc1ccc(-c2csc(NC(=O)c3c(C)nn(Cc4ccc(C)cc4)c3Cl)n2)cc1. The van der Waals surface area contributed by atoms with Gasteiger partial charge in [-0.2, -0.15) is 5.10 Å². The molecule has 33 heavy (non-hydrogen) atoms. The minimum absolute atomic E-state index is 0.127. The number of carbonyl (C=O) groups is 2. The van der Waals surface area contributed by atoms with Crippen molar-refractivity contribution in [2.75, 3.05) is 10.6 Å². The van der Waals surface area contributed by atoms with Crippen LogP contribution in [-0.4, -0.2) is 26.6 Å². The van der Waals surface area contributed by atoms with Gasteiger partial charge < -0.3 is 5.32 Å². The Hall–Kier alpha value is -3.49. The fraction of sp³-hybridized carbons (Fsp3) is 0.167. The van der Waals surface area contributed by atoms with Crippen LogP contribution in [-0.2, 0) is 11.3 Å². The lowest BCUT2D eigenvalue weighted by Gasteiger charge is -2.05. The second-order valence-electron chi connectivity index (χ2n) is 7.65. The van der Waals surface area contributed by atoms with Crippen molar-refractivity contribution in [1.82, 2.24) is 14.8 Å². The van der Waals surface area contributed by atoms with Crippen molar-refractivity contribution in [3.63, 3.8) is 0 Å². The van der Waals surface area contributed by atoms with Gasteiger partial charge in [-0.05, 0) is 31.5 Å². The number of halogens is 1. The molecule has 0 saturated carbocycles. The average Bonchev–Trinajstić information content (AvgIpc) is 3.34. The lowest BCUT2D eigenvalue weighted by molar-refractivity contribution is -0.114. The molecule has 0 unspecified atom stereocenters. The maximum absolute atomic E-state index is 12.9. The number of amides is 2. The van der Waals surface area contributed by atoms with Crippen LogP contribution in [0.5, 0.6) is 0 Å². The number of aromatic nitrogens is 3. The molecule has 0 bridgehead atoms. The van der Waals surface area contributed by atoms with Crippen molar-refractivity contribution in [1.29, 1.82) is 0 Å². The lowest BCUT2D eigenvalue weighted by atomic mass is 10.1. The second kappa shape index (κ2) is 9.56. The van der Waals surface area contributed by atoms with Gasteiger partial charge in [-0.1, -0.05) is 53.6 Å². The van der Waals surface area contributed by atoms with E-state index >= 15 is 0 Å². The highest BCUT2D eigenvalue weighted by atomic mass is 35.5. The number of aryl methyl sites for hydroxylation is 2. The van der Waals surface area contributed by atoms with Crippen molar-refractivity contribution >= 4 is 45.6 Å². The average molecular weight is 480 g/mol. The second-order valence-corrected chi connectivity index (χ2v) is 8.86. The summed E-state index contributed by atoms with van der Waals surface area (Å²) in [6.45, 7) is 5.73. The van der Waals surface area contributed by atoms with Crippen molar-refractivity contribution in [2.24, 2.45) is 0 Å². The number of hydrogen-bond acceptors (Lipinski definition) is 5. The molecule has 7 nitrogen and oxygen atoms in total. The quantitative estimate of drug-likeness (QED) is 0.380. The van der Waals surface area contributed by atoms with Crippen LogP contribution in [0.15, 0.2) is 53.9 Å². The molecule has 0 aliphatic rings. The normalized spacial score (nSPS) is 10.8. The Labute approximate surface area is 200 Å². The zero-order valence-corrected chi connectivity index (χ0v) is 19.9. The minimum atomic E-state index is -0.352. The third-order valence-corrected chi connectivity index (χ3v) is 6.11. The van der Waals surface area contributed by atoms with Crippen molar-refractivity contribution < 1.29 is 9.59 Å². The lowest BCUT2D eigenvalue weighted by Crippen LogP contribution is -2.13. The molecule has 0 atom stereocenters. The molecule has 4 aromatic rings. The van der Waals surface area contributed by atoms with Crippen LogP contribution in [0.3, 0.4) is 0 Å². The van der Waals surface area contributed by atoms with Gasteiger partial charge in [-0.25, -0.2) is 9.67 Å². The van der Waals surface area contributed by atoms with E-state index in [1.165, 1.54) is 23.8 Å². The molecule has 0 aliphatic heterocycles. The first-order chi connectivity index (χ1) is 15.8. The van der Waals surface area contributed by atoms with Gasteiger partial charge in [-0.15, -0.1) is 11.3 Å². The number of anilines is 2. The fourth-order valence-corrected chi connectivity index (χ4v) is 4.37. The molecule has 4 rings (SSSR count). The Kier molecular flexibility index (Phi) is 6.57. The van der Waals surface area contributed by atoms with Gasteiger partial charge in [0, 0.05) is 23.6 Å².